The maximum Gasteiger partial charge on any atom is 0.0681 e. The van der Waals surface area contributed by atoms with Crippen LogP contribution in [0.5, 0.6) is 0 Å². The molecule has 2 aromatic carbocycles. The van der Waals surface area contributed by atoms with Gasteiger partial charge >= 0.3 is 0 Å². The van der Waals surface area contributed by atoms with E-state index >= 15 is 0 Å². The van der Waals surface area contributed by atoms with Gasteiger partial charge in [-0.2, -0.15) is 0 Å². The first-order valence-corrected chi connectivity index (χ1v) is 9.25. The van der Waals surface area contributed by atoms with Crippen LogP contribution in [-0.2, 0) is 17.9 Å². The van der Waals surface area contributed by atoms with E-state index in [9.17, 15) is 8.76 Å². The topological polar surface area (TPSA) is 63.6 Å². The molecule has 3 aromatic rings. The van der Waals surface area contributed by atoms with Gasteiger partial charge in [0.1, 0.15) is 0 Å². The lowest BCUT2D eigenvalue weighted by Crippen LogP contribution is -2.19. The molecule has 124 valence electrons. The zero-order chi connectivity index (χ0) is 17.1. The van der Waals surface area contributed by atoms with Gasteiger partial charge in [0, 0.05) is 10.3 Å². The van der Waals surface area contributed by atoms with Gasteiger partial charge in [-0.05, 0) is 35.7 Å². The van der Waals surface area contributed by atoms with Gasteiger partial charge in [-0.1, -0.05) is 42.5 Å². The van der Waals surface area contributed by atoms with Gasteiger partial charge in [0.25, 0.3) is 0 Å². The summed E-state index contributed by atoms with van der Waals surface area (Å²) in [6, 6.07) is 16.8. The monoisotopic (exact) mass is 358 g/mol. The molecule has 0 aliphatic carbocycles. The van der Waals surface area contributed by atoms with Crippen molar-refractivity contribution < 1.29 is 13.9 Å². The highest BCUT2D eigenvalue weighted by atomic mass is 32.2. The maximum atomic E-state index is 11.8. The molecule has 0 fully saturated rings. The normalized spacial score (nSPS) is 12.1. The second-order valence-electron chi connectivity index (χ2n) is 5.32. The largest absolute Gasteiger partial charge is 0.755 e. The smallest absolute Gasteiger partial charge is 0.0681 e. The number of benzene rings is 2. The molecule has 1 unspecified atom stereocenters. The summed E-state index contributed by atoms with van der Waals surface area (Å²) in [6.07, 6.45) is 0. The molecule has 0 aliphatic heterocycles. The number of nitrogens with zero attached hydrogens (tertiary/aromatic N) is 1. The van der Waals surface area contributed by atoms with Crippen LogP contribution in [0, 0.1) is 6.92 Å². The third-order valence-corrected chi connectivity index (χ3v) is 5.40. The lowest BCUT2D eigenvalue weighted by atomic mass is 10.1. The summed E-state index contributed by atoms with van der Waals surface area (Å²) < 4.78 is 24.9. The van der Waals surface area contributed by atoms with Crippen molar-refractivity contribution in [2.24, 2.45) is 0 Å². The Morgan fingerprint density at radius 3 is 2.50 bits per heavy atom. The summed E-state index contributed by atoms with van der Waals surface area (Å²) in [7, 11) is 0. The van der Waals surface area contributed by atoms with E-state index in [1.807, 2.05) is 60.8 Å². The molecule has 0 amide bonds. The predicted octanol–water partition coefficient (Wildman–Crippen LogP) is 4.15. The molecular weight excluding hydrogens is 342 g/mol. The molecule has 1 heterocycles. The van der Waals surface area contributed by atoms with Crippen molar-refractivity contribution in [2.45, 2.75) is 13.5 Å². The van der Waals surface area contributed by atoms with Crippen LogP contribution in [0.1, 0.15) is 11.1 Å². The Hall–Kier alpha value is -1.99. The first kappa shape index (κ1) is 16.9. The highest BCUT2D eigenvalue weighted by molar-refractivity contribution is 7.81. The van der Waals surface area contributed by atoms with E-state index in [0.717, 1.165) is 21.6 Å². The summed E-state index contributed by atoms with van der Waals surface area (Å²) in [5.41, 5.74) is 3.99. The van der Waals surface area contributed by atoms with Crippen LogP contribution in [0.2, 0.25) is 0 Å². The quantitative estimate of drug-likeness (QED) is 0.697. The zero-order valence-electron chi connectivity index (χ0n) is 13.0. The fourth-order valence-corrected chi connectivity index (χ4v) is 4.05. The van der Waals surface area contributed by atoms with E-state index in [1.54, 1.807) is 6.07 Å². The Balaban J connectivity index is 1.97. The van der Waals surface area contributed by atoms with Crippen molar-refractivity contribution in [2.75, 3.05) is 4.31 Å². The second kappa shape index (κ2) is 7.27. The number of anilines is 2. The Bertz CT molecular complexity index is 859. The first-order chi connectivity index (χ1) is 11.6. The molecule has 0 aliphatic rings. The molecule has 3 rings (SSSR count). The summed E-state index contributed by atoms with van der Waals surface area (Å²) in [6.45, 7) is 1.89. The molecule has 0 saturated heterocycles. The average molecular weight is 358 g/mol. The molecule has 0 saturated carbocycles. The number of aryl methyl sites for hydroxylation is 1. The molecule has 1 atom stereocenters. The highest BCUT2D eigenvalue weighted by Gasteiger charge is 2.15. The van der Waals surface area contributed by atoms with Gasteiger partial charge in [-0.25, -0.2) is 0 Å². The second-order valence-corrected chi connectivity index (χ2v) is 7.03. The van der Waals surface area contributed by atoms with Gasteiger partial charge < -0.3 is 9.66 Å². The van der Waals surface area contributed by atoms with Crippen molar-refractivity contribution in [1.29, 1.82) is 0 Å². The number of rotatable bonds is 5. The fraction of sp³-hybridized carbons (Fsp3) is 0.111. The Morgan fingerprint density at radius 1 is 1.17 bits per heavy atom. The average Bonchev–Trinajstić information content (AvgIpc) is 3.06. The Morgan fingerprint density at radius 2 is 1.88 bits per heavy atom. The van der Waals surface area contributed by atoms with E-state index < -0.39 is 11.3 Å². The minimum absolute atomic E-state index is 0.00615. The van der Waals surface area contributed by atoms with Gasteiger partial charge in [0.2, 0.25) is 0 Å². The summed E-state index contributed by atoms with van der Waals surface area (Å²) in [5.74, 6) is 0. The zero-order valence-corrected chi connectivity index (χ0v) is 14.6. The van der Waals surface area contributed by atoms with Crippen molar-refractivity contribution in [1.82, 2.24) is 0 Å². The van der Waals surface area contributed by atoms with E-state index in [0.29, 0.717) is 11.4 Å². The minimum atomic E-state index is -2.41. The first-order valence-electron chi connectivity index (χ1n) is 7.34. The highest BCUT2D eigenvalue weighted by Crippen LogP contribution is 2.36. The molecule has 4 nitrogen and oxygen atoms in total. The third-order valence-electron chi connectivity index (χ3n) is 3.72. The van der Waals surface area contributed by atoms with Crippen LogP contribution in [-0.4, -0.2) is 13.9 Å². The lowest BCUT2D eigenvalue weighted by Gasteiger charge is -2.26. The van der Waals surface area contributed by atoms with E-state index in [2.05, 4.69) is 0 Å². The van der Waals surface area contributed by atoms with Crippen LogP contribution in [0.4, 0.5) is 11.4 Å². The minimum Gasteiger partial charge on any atom is -0.755 e. The van der Waals surface area contributed by atoms with Gasteiger partial charge in [-0.3, -0.25) is 8.51 Å². The number of hydrogen-bond acceptors (Lipinski definition) is 4. The Kier molecular flexibility index (Phi) is 5.11. The van der Waals surface area contributed by atoms with Gasteiger partial charge in [0.15, 0.2) is 0 Å². The van der Waals surface area contributed by atoms with Gasteiger partial charge in [0.05, 0.1) is 29.2 Å². The summed E-state index contributed by atoms with van der Waals surface area (Å²) >= 11 is -0.922. The van der Waals surface area contributed by atoms with Crippen LogP contribution < -0.4 is 4.31 Å². The number of thiophene rings is 1. The molecule has 24 heavy (non-hydrogen) atoms. The molecule has 6 heteroatoms. The molecule has 0 radical (unpaired) electrons. The number of para-hydroxylation sites is 1. The predicted molar refractivity (Wildman–Crippen MR) is 97.9 cm³/mol. The van der Waals surface area contributed by atoms with Crippen molar-refractivity contribution in [3.05, 3.63) is 71.1 Å². The van der Waals surface area contributed by atoms with Gasteiger partial charge in [-0.15, -0.1) is 11.3 Å². The molecular formula is C18H16NO3S2-. The number of aliphatic hydroxyl groups excluding tert-OH is 1. The fourth-order valence-electron chi connectivity index (χ4n) is 2.46. The number of aliphatic hydroxyl groups is 1. The standard InChI is InChI=1S/C18H17NO3S2/c1-13-4-2-3-5-17(13)19(24(21)22)16-10-18(23-12-16)15-8-6-14(11-20)7-9-15/h2-10,12,20H,11H2,1H3,(H,21,22)/p-1. The SMILES string of the molecule is Cc1ccccc1N(c1csc(-c2ccc(CO)cc2)c1)S(=O)[O-]. The van der Waals surface area contributed by atoms with E-state index in [4.69, 9.17) is 5.11 Å². The molecule has 0 bridgehead atoms. The van der Waals surface area contributed by atoms with Crippen molar-refractivity contribution in [3.63, 3.8) is 0 Å². The van der Waals surface area contributed by atoms with E-state index in [1.165, 1.54) is 15.6 Å². The van der Waals surface area contributed by atoms with Crippen molar-refractivity contribution >= 4 is 34.0 Å². The molecule has 1 aromatic heterocycles. The van der Waals surface area contributed by atoms with Crippen molar-refractivity contribution in [3.8, 4) is 10.4 Å². The number of hydrogen-bond donors (Lipinski definition) is 1. The van der Waals surface area contributed by atoms with Crippen LogP contribution in [0.3, 0.4) is 0 Å². The van der Waals surface area contributed by atoms with Crippen LogP contribution in [0.15, 0.2) is 60.0 Å². The lowest BCUT2D eigenvalue weighted by molar-refractivity contribution is 0.282. The Labute approximate surface area is 147 Å². The molecule has 0 spiro atoms. The van der Waals surface area contributed by atoms with E-state index in [-0.39, 0.29) is 6.61 Å². The third kappa shape index (κ3) is 3.42. The maximum absolute atomic E-state index is 11.8. The summed E-state index contributed by atoms with van der Waals surface area (Å²) in [4.78, 5) is 0.971. The molecule has 1 N–H and O–H groups in total. The summed E-state index contributed by atoms with van der Waals surface area (Å²) in [5, 5.41) is 10.9. The van der Waals surface area contributed by atoms with Crippen LogP contribution >= 0.6 is 11.3 Å². The van der Waals surface area contributed by atoms with Crippen LogP contribution in [0.25, 0.3) is 10.4 Å².